The summed E-state index contributed by atoms with van der Waals surface area (Å²) in [7, 11) is 1.25. The van der Waals surface area contributed by atoms with Crippen molar-refractivity contribution < 1.29 is 24.2 Å². The van der Waals surface area contributed by atoms with Crippen molar-refractivity contribution in [2.45, 2.75) is 45.1 Å². The van der Waals surface area contributed by atoms with Crippen molar-refractivity contribution in [3.05, 3.63) is 41.1 Å². The summed E-state index contributed by atoms with van der Waals surface area (Å²) < 4.78 is 4.82. The number of methoxy groups -OCH3 is 1. The summed E-state index contributed by atoms with van der Waals surface area (Å²) in [5, 5.41) is 15.3. The predicted molar refractivity (Wildman–Crippen MR) is 116 cm³/mol. The van der Waals surface area contributed by atoms with E-state index in [1.165, 1.54) is 18.4 Å². The highest BCUT2D eigenvalue weighted by molar-refractivity contribution is 6.09. The molecule has 3 rings (SSSR count). The first-order valence-electron chi connectivity index (χ1n) is 10.9. The number of carbonyl (C=O) groups excluding carboxylic acids is 3. The number of amides is 2. The Morgan fingerprint density at radius 2 is 1.90 bits per heavy atom. The van der Waals surface area contributed by atoms with Crippen molar-refractivity contribution in [2.75, 3.05) is 32.1 Å². The van der Waals surface area contributed by atoms with E-state index < -0.39 is 11.9 Å². The SMILES string of the molecule is CCC1CCC(NC(=O)c2ccccc2NC2=C(C(=O)OC)CN(CCO)C2=O)CC1. The number of anilines is 1. The van der Waals surface area contributed by atoms with Crippen LogP contribution in [0.25, 0.3) is 0 Å². The van der Waals surface area contributed by atoms with Gasteiger partial charge in [-0.15, -0.1) is 0 Å². The molecule has 31 heavy (non-hydrogen) atoms. The van der Waals surface area contributed by atoms with Crippen LogP contribution in [0.5, 0.6) is 0 Å². The second-order valence-electron chi connectivity index (χ2n) is 8.07. The van der Waals surface area contributed by atoms with Crippen molar-refractivity contribution >= 4 is 23.5 Å². The van der Waals surface area contributed by atoms with Gasteiger partial charge in [0, 0.05) is 12.6 Å². The van der Waals surface area contributed by atoms with Crippen molar-refractivity contribution in [1.29, 1.82) is 0 Å². The van der Waals surface area contributed by atoms with Gasteiger partial charge in [-0.3, -0.25) is 9.59 Å². The van der Waals surface area contributed by atoms with Gasteiger partial charge in [-0.25, -0.2) is 4.79 Å². The quantitative estimate of drug-likeness (QED) is 0.546. The van der Waals surface area contributed by atoms with Gasteiger partial charge < -0.3 is 25.4 Å². The molecule has 1 heterocycles. The first kappa shape index (κ1) is 22.8. The zero-order valence-corrected chi connectivity index (χ0v) is 18.1. The third-order valence-corrected chi connectivity index (χ3v) is 6.14. The van der Waals surface area contributed by atoms with Crippen LogP contribution in [0.4, 0.5) is 5.69 Å². The third-order valence-electron chi connectivity index (χ3n) is 6.14. The first-order chi connectivity index (χ1) is 15.0. The molecule has 0 aromatic heterocycles. The van der Waals surface area contributed by atoms with E-state index in [4.69, 9.17) is 4.74 Å². The number of carbonyl (C=O) groups is 3. The fourth-order valence-corrected chi connectivity index (χ4v) is 4.25. The molecule has 1 aliphatic carbocycles. The molecule has 3 N–H and O–H groups in total. The number of hydrogen-bond acceptors (Lipinski definition) is 6. The fraction of sp³-hybridized carbons (Fsp3) is 0.522. The Balaban J connectivity index is 1.78. The lowest BCUT2D eigenvalue weighted by molar-refractivity contribution is -0.136. The van der Waals surface area contributed by atoms with Gasteiger partial charge in [-0.2, -0.15) is 0 Å². The van der Waals surface area contributed by atoms with Gasteiger partial charge in [0.15, 0.2) is 0 Å². The molecule has 8 heteroatoms. The molecule has 0 radical (unpaired) electrons. The minimum atomic E-state index is -0.620. The van der Waals surface area contributed by atoms with Crippen LogP contribution in [0.1, 0.15) is 49.4 Å². The summed E-state index contributed by atoms with van der Waals surface area (Å²) in [6.07, 6.45) is 5.34. The van der Waals surface area contributed by atoms with Crippen molar-refractivity contribution in [2.24, 2.45) is 5.92 Å². The highest BCUT2D eigenvalue weighted by Crippen LogP contribution is 2.28. The molecule has 1 aromatic rings. The minimum absolute atomic E-state index is 0.0451. The van der Waals surface area contributed by atoms with Gasteiger partial charge in [0.2, 0.25) is 0 Å². The van der Waals surface area contributed by atoms with Crippen LogP contribution >= 0.6 is 0 Å². The standard InChI is InChI=1S/C23H31N3O5/c1-3-15-8-10-16(11-9-15)24-21(28)17-6-4-5-7-19(17)25-20-18(23(30)31-2)14-26(12-13-27)22(20)29/h4-7,15-16,25,27H,3,8-14H2,1-2H3,(H,24,28). The van der Waals surface area contributed by atoms with Gasteiger partial charge >= 0.3 is 5.97 Å². The van der Waals surface area contributed by atoms with E-state index in [1.54, 1.807) is 24.3 Å². The summed E-state index contributed by atoms with van der Waals surface area (Å²) in [5.74, 6) is -0.504. The predicted octanol–water partition coefficient (Wildman–Crippen LogP) is 2.06. The lowest BCUT2D eigenvalue weighted by Crippen LogP contribution is -2.38. The summed E-state index contributed by atoms with van der Waals surface area (Å²) in [6, 6.07) is 7.06. The molecule has 1 aliphatic heterocycles. The summed E-state index contributed by atoms with van der Waals surface area (Å²) in [4.78, 5) is 39.3. The minimum Gasteiger partial charge on any atom is -0.466 e. The summed E-state index contributed by atoms with van der Waals surface area (Å²) >= 11 is 0. The number of nitrogens with one attached hydrogen (secondary N) is 2. The average Bonchev–Trinajstić information content (AvgIpc) is 3.09. The smallest absolute Gasteiger partial charge is 0.337 e. The Kier molecular flexibility index (Phi) is 7.68. The van der Waals surface area contributed by atoms with Crippen molar-refractivity contribution in [3.63, 3.8) is 0 Å². The number of ether oxygens (including phenoxy) is 1. The van der Waals surface area contributed by atoms with E-state index >= 15 is 0 Å². The Labute approximate surface area is 182 Å². The lowest BCUT2D eigenvalue weighted by Gasteiger charge is -2.28. The molecule has 2 aliphatic rings. The second kappa shape index (κ2) is 10.4. The van der Waals surface area contributed by atoms with Crippen LogP contribution in [0.3, 0.4) is 0 Å². The maximum Gasteiger partial charge on any atom is 0.337 e. The number of hydrogen-bond donors (Lipinski definition) is 3. The number of benzene rings is 1. The summed E-state index contributed by atoms with van der Waals surface area (Å²) in [5.41, 5.74) is 1.10. The molecular weight excluding hydrogens is 398 g/mol. The Bertz CT molecular complexity index is 859. The van der Waals surface area contributed by atoms with Gasteiger partial charge in [-0.1, -0.05) is 25.5 Å². The van der Waals surface area contributed by atoms with E-state index in [-0.39, 0.29) is 42.9 Å². The highest BCUT2D eigenvalue weighted by atomic mass is 16.5. The first-order valence-corrected chi connectivity index (χ1v) is 10.9. The van der Waals surface area contributed by atoms with Crippen LogP contribution in [0.2, 0.25) is 0 Å². The molecule has 168 valence electrons. The zero-order chi connectivity index (χ0) is 22.4. The van der Waals surface area contributed by atoms with Gasteiger partial charge in [-0.05, 0) is 43.7 Å². The van der Waals surface area contributed by atoms with Crippen LogP contribution in [0, 0.1) is 5.92 Å². The maximum atomic E-state index is 13.0. The van der Waals surface area contributed by atoms with E-state index in [2.05, 4.69) is 17.6 Å². The van der Waals surface area contributed by atoms with E-state index in [0.29, 0.717) is 11.3 Å². The number of para-hydroxylation sites is 1. The number of aliphatic hydroxyl groups is 1. The van der Waals surface area contributed by atoms with E-state index in [9.17, 15) is 19.5 Å². The molecule has 0 atom stereocenters. The largest absolute Gasteiger partial charge is 0.466 e. The Morgan fingerprint density at radius 1 is 1.19 bits per heavy atom. The molecule has 0 unspecified atom stereocenters. The summed E-state index contributed by atoms with van der Waals surface area (Å²) in [6.45, 7) is 2.14. The number of esters is 1. The van der Waals surface area contributed by atoms with Crippen LogP contribution in [-0.4, -0.2) is 60.6 Å². The second-order valence-corrected chi connectivity index (χ2v) is 8.07. The Hall–Kier alpha value is -2.87. The molecule has 2 amide bonds. The zero-order valence-electron chi connectivity index (χ0n) is 18.1. The number of β-amino-alcohol motifs (C(OH)–C–C–N with tert-alkyl or cyclic N) is 1. The van der Waals surface area contributed by atoms with E-state index in [1.807, 2.05) is 0 Å². The molecule has 8 nitrogen and oxygen atoms in total. The van der Waals surface area contributed by atoms with Gasteiger partial charge in [0.25, 0.3) is 11.8 Å². The van der Waals surface area contributed by atoms with Crippen molar-refractivity contribution in [1.82, 2.24) is 10.2 Å². The molecular formula is C23H31N3O5. The van der Waals surface area contributed by atoms with Crippen molar-refractivity contribution in [3.8, 4) is 0 Å². The fourth-order valence-electron chi connectivity index (χ4n) is 4.25. The van der Waals surface area contributed by atoms with Crippen LogP contribution in [0.15, 0.2) is 35.5 Å². The maximum absolute atomic E-state index is 13.0. The van der Waals surface area contributed by atoms with Crippen LogP contribution < -0.4 is 10.6 Å². The molecule has 1 aromatic carbocycles. The topological polar surface area (TPSA) is 108 Å². The molecule has 0 bridgehead atoms. The highest BCUT2D eigenvalue weighted by Gasteiger charge is 2.35. The van der Waals surface area contributed by atoms with Gasteiger partial charge in [0.05, 0.1) is 37.1 Å². The van der Waals surface area contributed by atoms with Gasteiger partial charge in [0.1, 0.15) is 5.70 Å². The number of nitrogens with zero attached hydrogens (tertiary/aromatic N) is 1. The molecule has 1 fully saturated rings. The molecule has 0 saturated heterocycles. The number of aliphatic hydroxyl groups excluding tert-OH is 1. The van der Waals surface area contributed by atoms with E-state index in [0.717, 1.165) is 31.6 Å². The lowest BCUT2D eigenvalue weighted by atomic mass is 9.84. The van der Waals surface area contributed by atoms with Crippen LogP contribution in [-0.2, 0) is 14.3 Å². The molecule has 0 spiro atoms. The Morgan fingerprint density at radius 3 is 2.55 bits per heavy atom. The number of rotatable bonds is 8. The normalized spacial score (nSPS) is 21.3. The third kappa shape index (κ3) is 5.25. The monoisotopic (exact) mass is 429 g/mol. The average molecular weight is 430 g/mol. The molecule has 1 saturated carbocycles.